The number of hydrogen-bond donors (Lipinski definition) is 5. The highest BCUT2D eigenvalue weighted by Gasteiger charge is 2.01. The average molecular weight is 259 g/mol. The maximum absolute atomic E-state index is 10.5. The molecule has 1 rings (SSSR count). The highest BCUT2D eigenvalue weighted by atomic mass is 16.2. The molecule has 0 bridgehead atoms. The Hall–Kier alpha value is -3.08. The molecule has 0 saturated heterocycles. The lowest BCUT2D eigenvalue weighted by molar-refractivity contribution is 0.248. The van der Waals surface area contributed by atoms with Gasteiger partial charge in [-0.3, -0.25) is 10.8 Å². The van der Waals surface area contributed by atoms with Crippen LogP contribution < -0.4 is 22.2 Å². The lowest BCUT2D eigenvalue weighted by Gasteiger charge is -2.04. The molecule has 1 aromatic rings. The molecule has 0 aromatic heterocycles. The molecule has 0 atom stereocenters. The Kier molecular flexibility index (Phi) is 4.86. The van der Waals surface area contributed by atoms with Crippen LogP contribution in [0.3, 0.4) is 0 Å². The fraction of sp³-hybridized carbons (Fsp3) is 0.0909. The highest BCUT2D eigenvalue weighted by Crippen LogP contribution is 2.09. The summed E-state index contributed by atoms with van der Waals surface area (Å²) >= 11 is 0. The average Bonchev–Trinajstić information content (AvgIpc) is 2.38. The minimum atomic E-state index is -0.591. The Bertz CT molecular complexity index is 541. The number of amides is 2. The molecule has 0 spiro atoms. The third-order valence-electron chi connectivity index (χ3n) is 2.08. The molecule has 0 fully saturated rings. The molecule has 8 heteroatoms. The van der Waals surface area contributed by atoms with Gasteiger partial charge in [-0.05, 0) is 17.7 Å². The van der Waals surface area contributed by atoms with Gasteiger partial charge >= 0.3 is 6.03 Å². The third kappa shape index (κ3) is 4.74. The molecular formula is C11H13N7O. The number of urea groups is 1. The highest BCUT2D eigenvalue weighted by molar-refractivity contribution is 6.45. The van der Waals surface area contributed by atoms with Gasteiger partial charge in [0.25, 0.3) is 0 Å². The smallest absolute Gasteiger partial charge is 0.312 e. The van der Waals surface area contributed by atoms with E-state index in [0.29, 0.717) is 12.2 Å². The number of nitriles is 1. The summed E-state index contributed by atoms with van der Waals surface area (Å²) in [6.45, 7) is 0.329. The summed E-state index contributed by atoms with van der Waals surface area (Å²) in [6, 6.07) is 8.03. The van der Waals surface area contributed by atoms with Gasteiger partial charge in [-0.2, -0.15) is 10.4 Å². The summed E-state index contributed by atoms with van der Waals surface area (Å²) < 4.78 is 0. The fourth-order valence-corrected chi connectivity index (χ4v) is 1.15. The number of anilines is 1. The predicted octanol–water partition coefficient (Wildman–Crippen LogP) is 0.0823. The van der Waals surface area contributed by atoms with Crippen LogP contribution in [0, 0.1) is 16.7 Å². The number of nitrogens with zero attached hydrogens (tertiary/aromatic N) is 2. The number of primary amides is 1. The Labute approximate surface area is 109 Å². The number of nitrogens with two attached hydrogens (primary N) is 2. The molecule has 0 heterocycles. The van der Waals surface area contributed by atoms with Gasteiger partial charge in [0.1, 0.15) is 6.07 Å². The number of nitrogens with one attached hydrogen (secondary N) is 3. The van der Waals surface area contributed by atoms with Crippen molar-refractivity contribution in [1.82, 2.24) is 5.32 Å². The van der Waals surface area contributed by atoms with E-state index in [2.05, 4.69) is 15.8 Å². The molecule has 0 radical (unpaired) electrons. The first-order valence-corrected chi connectivity index (χ1v) is 5.23. The van der Waals surface area contributed by atoms with E-state index in [-0.39, 0.29) is 5.71 Å². The lowest BCUT2D eigenvalue weighted by atomic mass is 10.2. The largest absolute Gasteiger partial charge is 0.382 e. The summed E-state index contributed by atoms with van der Waals surface area (Å²) in [5.74, 6) is -0.405. The minimum absolute atomic E-state index is 0.195. The maximum Gasteiger partial charge on any atom is 0.312 e. The van der Waals surface area contributed by atoms with Gasteiger partial charge < -0.3 is 16.8 Å². The number of hydrogen-bond acceptors (Lipinski definition) is 5. The monoisotopic (exact) mass is 259 g/mol. The summed E-state index contributed by atoms with van der Waals surface area (Å²) in [6.07, 6.45) is 0. The number of carbonyl (C=O) groups is 1. The second-order valence-electron chi connectivity index (χ2n) is 3.51. The van der Waals surface area contributed by atoms with Gasteiger partial charge in [-0.1, -0.05) is 12.1 Å². The Morgan fingerprint density at radius 3 is 2.47 bits per heavy atom. The fourth-order valence-electron chi connectivity index (χ4n) is 1.15. The SMILES string of the molecule is N#C/C(=N\Nc1ccc(CNC(N)=O)cc1)C(=N)N. The zero-order valence-electron chi connectivity index (χ0n) is 9.97. The Morgan fingerprint density at radius 2 is 2.00 bits per heavy atom. The first-order chi connectivity index (χ1) is 9.02. The van der Waals surface area contributed by atoms with Gasteiger partial charge in [0.2, 0.25) is 5.71 Å². The molecule has 2 amide bonds. The molecule has 0 aliphatic heterocycles. The maximum atomic E-state index is 10.5. The Morgan fingerprint density at radius 1 is 1.37 bits per heavy atom. The van der Waals surface area contributed by atoms with Crippen molar-refractivity contribution in [1.29, 1.82) is 10.7 Å². The molecule has 7 N–H and O–H groups in total. The number of hydrazone groups is 1. The first kappa shape index (κ1) is 14.0. The van der Waals surface area contributed by atoms with Crippen molar-refractivity contribution in [2.75, 3.05) is 5.43 Å². The quantitative estimate of drug-likeness (QED) is 0.288. The van der Waals surface area contributed by atoms with Crippen molar-refractivity contribution in [3.05, 3.63) is 29.8 Å². The summed E-state index contributed by atoms with van der Waals surface area (Å²) in [5, 5.41) is 21.9. The zero-order valence-corrected chi connectivity index (χ0v) is 9.97. The van der Waals surface area contributed by atoms with E-state index >= 15 is 0 Å². The van der Waals surface area contributed by atoms with Crippen molar-refractivity contribution in [3.8, 4) is 6.07 Å². The van der Waals surface area contributed by atoms with E-state index in [1.165, 1.54) is 0 Å². The van der Waals surface area contributed by atoms with Gasteiger partial charge in [0.15, 0.2) is 5.84 Å². The molecule has 0 unspecified atom stereocenters. The van der Waals surface area contributed by atoms with Gasteiger partial charge in [0.05, 0.1) is 5.69 Å². The second kappa shape index (κ2) is 6.61. The van der Waals surface area contributed by atoms with Crippen LogP contribution in [0.2, 0.25) is 0 Å². The zero-order chi connectivity index (χ0) is 14.3. The molecule has 0 aliphatic carbocycles. The first-order valence-electron chi connectivity index (χ1n) is 5.23. The minimum Gasteiger partial charge on any atom is -0.382 e. The molecule has 19 heavy (non-hydrogen) atoms. The van der Waals surface area contributed by atoms with E-state index in [1.54, 1.807) is 30.3 Å². The van der Waals surface area contributed by atoms with Crippen LogP contribution in [0.1, 0.15) is 5.56 Å². The van der Waals surface area contributed by atoms with Crippen LogP contribution >= 0.6 is 0 Å². The molecule has 1 aromatic carbocycles. The molecule has 98 valence electrons. The molecule has 0 saturated carbocycles. The van der Waals surface area contributed by atoms with E-state index in [1.807, 2.05) is 0 Å². The number of benzene rings is 1. The summed E-state index contributed by atoms with van der Waals surface area (Å²) in [4.78, 5) is 10.5. The predicted molar refractivity (Wildman–Crippen MR) is 71.4 cm³/mol. The van der Waals surface area contributed by atoms with E-state index in [0.717, 1.165) is 5.56 Å². The van der Waals surface area contributed by atoms with Crippen molar-refractivity contribution >= 4 is 23.3 Å². The second-order valence-corrected chi connectivity index (χ2v) is 3.51. The Balaban J connectivity index is 2.65. The van der Waals surface area contributed by atoms with Crippen molar-refractivity contribution < 1.29 is 4.79 Å². The van der Waals surface area contributed by atoms with E-state index in [9.17, 15) is 4.79 Å². The number of amidine groups is 1. The van der Waals surface area contributed by atoms with E-state index < -0.39 is 11.9 Å². The van der Waals surface area contributed by atoms with Crippen LogP contribution in [0.15, 0.2) is 29.4 Å². The standard InChI is InChI=1S/C11H13N7O/c12-5-9(10(13)14)18-17-8-3-1-7(2-4-8)6-16-11(15)19/h1-4,17H,6H2,(H3,13,14)(H3,15,16,19)/b18-9+. The molecular weight excluding hydrogens is 246 g/mol. The van der Waals surface area contributed by atoms with Crippen LogP contribution in [-0.4, -0.2) is 17.6 Å². The lowest BCUT2D eigenvalue weighted by Crippen LogP contribution is -2.28. The van der Waals surface area contributed by atoms with Crippen molar-refractivity contribution in [2.45, 2.75) is 6.54 Å². The molecule has 0 aliphatic rings. The third-order valence-corrected chi connectivity index (χ3v) is 2.08. The summed E-state index contributed by atoms with van der Waals surface area (Å²) in [7, 11) is 0. The van der Waals surface area contributed by atoms with Crippen molar-refractivity contribution in [2.24, 2.45) is 16.6 Å². The van der Waals surface area contributed by atoms with Crippen molar-refractivity contribution in [3.63, 3.8) is 0 Å². The summed E-state index contributed by atoms with van der Waals surface area (Å²) in [5.41, 5.74) is 14.0. The van der Waals surface area contributed by atoms with E-state index in [4.69, 9.17) is 22.1 Å². The van der Waals surface area contributed by atoms with Gasteiger partial charge in [-0.25, -0.2) is 4.79 Å². The van der Waals surface area contributed by atoms with Crippen LogP contribution in [0.4, 0.5) is 10.5 Å². The van der Waals surface area contributed by atoms with Gasteiger partial charge in [0, 0.05) is 6.54 Å². The number of rotatable bonds is 5. The van der Waals surface area contributed by atoms with Crippen LogP contribution in [-0.2, 0) is 6.54 Å². The normalized spacial score (nSPS) is 10.4. The van der Waals surface area contributed by atoms with Crippen LogP contribution in [0.25, 0.3) is 0 Å². The topological polar surface area (TPSA) is 153 Å². The van der Waals surface area contributed by atoms with Crippen LogP contribution in [0.5, 0.6) is 0 Å². The molecule has 8 nitrogen and oxygen atoms in total. The number of carbonyl (C=O) groups excluding carboxylic acids is 1. The van der Waals surface area contributed by atoms with Gasteiger partial charge in [-0.15, -0.1) is 0 Å².